The van der Waals surface area contributed by atoms with E-state index in [2.05, 4.69) is 46.3 Å². The summed E-state index contributed by atoms with van der Waals surface area (Å²) in [6.45, 7) is 9.80. The molecule has 4 rings (SSSR count). The highest BCUT2D eigenvalue weighted by Crippen LogP contribution is 2.42. The SMILES string of the molecule is C[C@@H]1C[C@H](C(F)(F)F)n2nc(C3CCCN3Cc3cn[nH]c3C(C)(C)C)cc2N1.O=C(O)CC(O)(CC(=O)O)C(=O)O. The zero-order chi connectivity index (χ0) is 31.6. The monoisotopic (exact) mass is 602 g/mol. The molecule has 0 radical (unpaired) electrons. The molecule has 6 N–H and O–H groups in total. The minimum absolute atomic E-state index is 0.00400. The van der Waals surface area contributed by atoms with Gasteiger partial charge < -0.3 is 25.7 Å². The number of alkyl halides is 3. The first-order valence-corrected chi connectivity index (χ1v) is 13.4. The molecule has 1 saturated heterocycles. The van der Waals surface area contributed by atoms with Crippen LogP contribution in [0.5, 0.6) is 0 Å². The Morgan fingerprint density at radius 1 is 1.10 bits per heavy atom. The maximum Gasteiger partial charge on any atom is 0.410 e. The van der Waals surface area contributed by atoms with E-state index in [1.165, 1.54) is 0 Å². The van der Waals surface area contributed by atoms with Gasteiger partial charge in [-0.1, -0.05) is 20.8 Å². The van der Waals surface area contributed by atoms with Crippen LogP contribution in [0.15, 0.2) is 12.3 Å². The highest BCUT2D eigenvalue weighted by molar-refractivity contribution is 5.88. The quantitative estimate of drug-likeness (QED) is 0.260. The highest BCUT2D eigenvalue weighted by atomic mass is 19.4. The number of aromatic amines is 1. The third-order valence-corrected chi connectivity index (χ3v) is 7.23. The van der Waals surface area contributed by atoms with Crippen molar-refractivity contribution in [1.82, 2.24) is 24.9 Å². The summed E-state index contributed by atoms with van der Waals surface area (Å²) < 4.78 is 41.8. The van der Waals surface area contributed by atoms with Crippen molar-refractivity contribution in [3.8, 4) is 0 Å². The van der Waals surface area contributed by atoms with Crippen LogP contribution >= 0.6 is 0 Å². The summed E-state index contributed by atoms with van der Waals surface area (Å²) in [6, 6.07) is 0.0106. The largest absolute Gasteiger partial charge is 0.481 e. The molecule has 0 aromatic carbocycles. The molecule has 0 aliphatic carbocycles. The Kier molecular flexibility index (Phi) is 9.61. The number of fused-ring (bicyclic) bond motifs is 1. The smallest absolute Gasteiger partial charge is 0.410 e. The molecular formula is C26H37F3N6O7. The second kappa shape index (κ2) is 12.3. The van der Waals surface area contributed by atoms with Gasteiger partial charge >= 0.3 is 24.1 Å². The van der Waals surface area contributed by atoms with Gasteiger partial charge in [0.25, 0.3) is 0 Å². The summed E-state index contributed by atoms with van der Waals surface area (Å²) in [7, 11) is 0. The average molecular weight is 603 g/mol. The van der Waals surface area contributed by atoms with Crippen LogP contribution in [0.4, 0.5) is 19.0 Å². The third-order valence-electron chi connectivity index (χ3n) is 7.23. The molecule has 16 heteroatoms. The van der Waals surface area contributed by atoms with Crippen molar-refractivity contribution >= 4 is 23.7 Å². The fraction of sp³-hybridized carbons (Fsp3) is 0.654. The van der Waals surface area contributed by atoms with Gasteiger partial charge in [0, 0.05) is 35.3 Å². The van der Waals surface area contributed by atoms with E-state index in [4.69, 9.17) is 20.4 Å². The number of H-pyrrole nitrogens is 1. The number of aliphatic carboxylic acids is 3. The van der Waals surface area contributed by atoms with Gasteiger partial charge in [-0.2, -0.15) is 23.4 Å². The van der Waals surface area contributed by atoms with Gasteiger partial charge in [0.1, 0.15) is 5.82 Å². The molecule has 0 bridgehead atoms. The summed E-state index contributed by atoms with van der Waals surface area (Å²) in [6.07, 6.45) is -2.84. The molecule has 3 atom stereocenters. The third kappa shape index (κ3) is 7.79. The number of hydrogen-bond donors (Lipinski definition) is 6. The zero-order valence-electron chi connectivity index (χ0n) is 23.8. The number of carbonyl (C=O) groups is 3. The lowest BCUT2D eigenvalue weighted by Crippen LogP contribution is -2.42. The number of aliphatic hydroxyl groups is 1. The standard InChI is InChI=1S/C20H29F3N6.C6H8O7/c1-12-8-16(20(21,22)23)29-17(25-12)9-14(27-29)15-6-5-7-28(15)11-13-10-24-26-18(13)19(2,3)4;7-3(8)1-6(13,5(11)12)2-4(9)10/h9-10,12,15-16,25H,5-8,11H2,1-4H3,(H,24,26);13H,1-2H2,(H,7,8)(H,9,10)(H,11,12)/t12-,15?,16-;/m1./s1. The molecule has 0 amide bonds. The number of anilines is 1. The molecule has 2 aromatic heterocycles. The molecule has 1 unspecified atom stereocenters. The number of carboxylic acid groups (broad SMARTS) is 3. The highest BCUT2D eigenvalue weighted by Gasteiger charge is 2.46. The molecule has 42 heavy (non-hydrogen) atoms. The van der Waals surface area contributed by atoms with E-state index >= 15 is 0 Å². The second-order valence-corrected chi connectivity index (χ2v) is 11.9. The van der Waals surface area contributed by atoms with Crippen molar-refractivity contribution in [3.63, 3.8) is 0 Å². The van der Waals surface area contributed by atoms with Gasteiger partial charge in [-0.25, -0.2) is 9.48 Å². The predicted octanol–water partition coefficient (Wildman–Crippen LogP) is 3.30. The van der Waals surface area contributed by atoms with Crippen molar-refractivity contribution in [3.05, 3.63) is 29.2 Å². The van der Waals surface area contributed by atoms with E-state index in [0.29, 0.717) is 18.1 Å². The van der Waals surface area contributed by atoms with Crippen molar-refractivity contribution in [2.24, 2.45) is 0 Å². The minimum Gasteiger partial charge on any atom is -0.481 e. The van der Waals surface area contributed by atoms with E-state index in [1.807, 2.05) is 6.20 Å². The Labute approximate surface area is 239 Å². The summed E-state index contributed by atoms with van der Waals surface area (Å²) in [5.74, 6) is -4.55. The van der Waals surface area contributed by atoms with Crippen molar-refractivity contribution in [2.75, 3.05) is 11.9 Å². The Balaban J connectivity index is 0.000000316. The number of carboxylic acids is 3. The molecule has 2 aliphatic heterocycles. The topological polar surface area (TPSA) is 194 Å². The van der Waals surface area contributed by atoms with Gasteiger partial charge in [0.05, 0.1) is 30.8 Å². The van der Waals surface area contributed by atoms with E-state index in [9.17, 15) is 27.6 Å². The Morgan fingerprint density at radius 3 is 2.24 bits per heavy atom. The summed E-state index contributed by atoms with van der Waals surface area (Å²) in [5.41, 5.74) is 0.161. The number of rotatable bonds is 8. The number of nitrogens with one attached hydrogen (secondary N) is 2. The molecule has 13 nitrogen and oxygen atoms in total. The van der Waals surface area contributed by atoms with E-state index in [0.717, 1.165) is 35.3 Å². The minimum atomic E-state index is -4.30. The van der Waals surface area contributed by atoms with Gasteiger partial charge in [0.2, 0.25) is 0 Å². The number of nitrogens with zero attached hydrogens (tertiary/aromatic N) is 4. The summed E-state index contributed by atoms with van der Waals surface area (Å²) in [5, 5.41) is 48.7. The summed E-state index contributed by atoms with van der Waals surface area (Å²) >= 11 is 0. The van der Waals surface area contributed by atoms with Crippen LogP contribution < -0.4 is 5.32 Å². The van der Waals surface area contributed by atoms with Crippen LogP contribution in [0.1, 0.15) is 88.8 Å². The average Bonchev–Trinajstić information content (AvgIpc) is 3.56. The van der Waals surface area contributed by atoms with E-state index in [1.54, 1.807) is 13.0 Å². The van der Waals surface area contributed by atoms with Crippen LogP contribution in [-0.4, -0.2) is 87.6 Å². The van der Waals surface area contributed by atoms with Gasteiger partial charge in [-0.3, -0.25) is 19.6 Å². The first kappa shape index (κ1) is 32.8. The number of hydrogen-bond acceptors (Lipinski definition) is 8. The Hall–Kier alpha value is -3.66. The molecular weight excluding hydrogens is 565 g/mol. The zero-order valence-corrected chi connectivity index (χ0v) is 23.8. The van der Waals surface area contributed by atoms with Crippen LogP contribution in [0.25, 0.3) is 0 Å². The molecule has 0 saturated carbocycles. The van der Waals surface area contributed by atoms with Crippen molar-refractivity contribution < 1.29 is 48.0 Å². The summed E-state index contributed by atoms with van der Waals surface area (Å²) in [4.78, 5) is 32.8. The lowest BCUT2D eigenvalue weighted by atomic mass is 9.89. The van der Waals surface area contributed by atoms with Crippen LogP contribution in [0.3, 0.4) is 0 Å². The van der Waals surface area contributed by atoms with Crippen molar-refractivity contribution in [2.45, 2.75) is 102 Å². The van der Waals surface area contributed by atoms with Gasteiger partial charge in [0.15, 0.2) is 11.6 Å². The first-order chi connectivity index (χ1) is 19.3. The van der Waals surface area contributed by atoms with E-state index < -0.39 is 48.6 Å². The number of likely N-dealkylation sites (tertiary alicyclic amines) is 1. The number of halogens is 3. The van der Waals surface area contributed by atoms with Crippen molar-refractivity contribution in [1.29, 1.82) is 0 Å². The van der Waals surface area contributed by atoms with Crippen LogP contribution in [-0.2, 0) is 26.3 Å². The maximum absolute atomic E-state index is 13.6. The van der Waals surface area contributed by atoms with Gasteiger partial charge in [-0.15, -0.1) is 0 Å². The molecule has 2 aliphatic rings. The van der Waals surface area contributed by atoms with Gasteiger partial charge in [-0.05, 0) is 32.7 Å². The fourth-order valence-corrected chi connectivity index (χ4v) is 5.30. The number of aromatic nitrogens is 4. The fourth-order valence-electron chi connectivity index (χ4n) is 5.30. The molecule has 4 heterocycles. The first-order valence-electron chi connectivity index (χ1n) is 13.4. The van der Waals surface area contributed by atoms with Crippen LogP contribution in [0, 0.1) is 0 Å². The normalized spacial score (nSPS) is 21.2. The lowest BCUT2D eigenvalue weighted by Gasteiger charge is -2.31. The maximum atomic E-state index is 13.6. The predicted molar refractivity (Wildman–Crippen MR) is 142 cm³/mol. The van der Waals surface area contributed by atoms with Crippen LogP contribution in [0.2, 0.25) is 0 Å². The lowest BCUT2D eigenvalue weighted by molar-refractivity contribution is -0.173. The Morgan fingerprint density at radius 2 is 1.71 bits per heavy atom. The molecule has 1 fully saturated rings. The molecule has 0 spiro atoms. The Bertz CT molecular complexity index is 1270. The van der Waals surface area contributed by atoms with E-state index in [-0.39, 0.29) is 23.9 Å². The second-order valence-electron chi connectivity index (χ2n) is 11.9. The molecule has 2 aromatic rings. The molecule has 234 valence electrons.